The number of furan rings is 1. The van der Waals surface area contributed by atoms with E-state index in [1.165, 1.54) is 11.6 Å². The molecule has 0 spiro atoms. The van der Waals surface area contributed by atoms with E-state index in [4.69, 9.17) is 10.2 Å². The molecule has 3 N–H and O–H groups in total. The Balaban J connectivity index is 1.18. The quantitative estimate of drug-likeness (QED) is 0.302. The standard InChI is InChI=1S/C25H29N9O4S/c1-27-39(36,37)18-7-5-17(6-8-18)32-12-9-31(10-13-32)11-14-33-23-22(30(2)25(33)35)20-16-19(21-4-3-15-38-21)29-34(20)24(26)28-23/h3-8,15-16,27H,9-14H2,1-2H3,(H2,26,28). The summed E-state index contributed by atoms with van der Waals surface area (Å²) in [5.74, 6) is 0.797. The molecule has 6 rings (SSSR count). The predicted octanol–water partition coefficient (Wildman–Crippen LogP) is 0.955. The summed E-state index contributed by atoms with van der Waals surface area (Å²) in [4.78, 5) is 22.5. The van der Waals surface area contributed by atoms with Crippen molar-refractivity contribution in [1.29, 1.82) is 0 Å². The Kier molecular flexibility index (Phi) is 6.16. The van der Waals surface area contributed by atoms with Crippen molar-refractivity contribution >= 4 is 38.3 Å². The van der Waals surface area contributed by atoms with E-state index < -0.39 is 10.0 Å². The molecule has 1 saturated heterocycles. The zero-order valence-electron chi connectivity index (χ0n) is 21.6. The molecule has 14 heteroatoms. The van der Waals surface area contributed by atoms with Gasteiger partial charge in [0.15, 0.2) is 11.4 Å². The molecule has 5 aromatic rings. The van der Waals surface area contributed by atoms with Crippen LogP contribution >= 0.6 is 0 Å². The van der Waals surface area contributed by atoms with Crippen molar-refractivity contribution in [3.63, 3.8) is 0 Å². The summed E-state index contributed by atoms with van der Waals surface area (Å²) in [6.07, 6.45) is 1.58. The Hall–Kier alpha value is -4.14. The molecule has 0 atom stereocenters. The maximum Gasteiger partial charge on any atom is 0.330 e. The third-order valence-electron chi connectivity index (χ3n) is 7.28. The van der Waals surface area contributed by atoms with Crippen LogP contribution in [0.1, 0.15) is 0 Å². The highest BCUT2D eigenvalue weighted by Gasteiger charge is 2.22. The minimum atomic E-state index is -3.46. The fourth-order valence-corrected chi connectivity index (χ4v) is 5.83. The first kappa shape index (κ1) is 25.2. The van der Waals surface area contributed by atoms with Crippen molar-refractivity contribution in [3.8, 4) is 11.5 Å². The Bertz CT molecular complexity index is 1810. The summed E-state index contributed by atoms with van der Waals surface area (Å²) in [7, 11) is -0.332. The van der Waals surface area contributed by atoms with Crippen LogP contribution < -0.4 is 21.0 Å². The molecule has 0 aliphatic carbocycles. The first-order valence-corrected chi connectivity index (χ1v) is 14.0. The summed E-state index contributed by atoms with van der Waals surface area (Å²) >= 11 is 0. The summed E-state index contributed by atoms with van der Waals surface area (Å²) in [6, 6.07) is 12.4. The fourth-order valence-electron chi connectivity index (χ4n) is 5.10. The lowest BCUT2D eigenvalue weighted by atomic mass is 10.2. The highest BCUT2D eigenvalue weighted by molar-refractivity contribution is 7.89. The second-order valence-corrected chi connectivity index (χ2v) is 11.4. The number of anilines is 2. The number of nitrogens with zero attached hydrogens (tertiary/aromatic N) is 7. The van der Waals surface area contributed by atoms with E-state index in [0.717, 1.165) is 31.9 Å². The molecule has 39 heavy (non-hydrogen) atoms. The Labute approximate surface area is 224 Å². The van der Waals surface area contributed by atoms with Gasteiger partial charge in [-0.15, -0.1) is 0 Å². The number of benzene rings is 1. The number of aryl methyl sites for hydroxylation is 1. The maximum absolute atomic E-state index is 13.2. The van der Waals surface area contributed by atoms with Gasteiger partial charge in [-0.25, -0.2) is 17.9 Å². The zero-order valence-corrected chi connectivity index (χ0v) is 22.4. The number of fused-ring (bicyclic) bond motifs is 3. The van der Waals surface area contributed by atoms with Crippen LogP contribution in [-0.2, 0) is 23.6 Å². The van der Waals surface area contributed by atoms with E-state index in [1.807, 2.05) is 24.3 Å². The summed E-state index contributed by atoms with van der Waals surface area (Å²) < 4.78 is 36.6. The van der Waals surface area contributed by atoms with Gasteiger partial charge in [0, 0.05) is 52.0 Å². The van der Waals surface area contributed by atoms with Gasteiger partial charge in [0.2, 0.25) is 16.0 Å². The van der Waals surface area contributed by atoms with Gasteiger partial charge in [0.1, 0.15) is 11.2 Å². The predicted molar refractivity (Wildman–Crippen MR) is 147 cm³/mol. The lowest BCUT2D eigenvalue weighted by Gasteiger charge is -2.36. The van der Waals surface area contributed by atoms with Gasteiger partial charge in [0.05, 0.1) is 16.7 Å². The molecule has 1 fully saturated rings. The van der Waals surface area contributed by atoms with Crippen LogP contribution in [0.3, 0.4) is 0 Å². The van der Waals surface area contributed by atoms with Crippen LogP contribution in [0.25, 0.3) is 28.1 Å². The molecule has 1 aromatic carbocycles. The number of hydrogen-bond donors (Lipinski definition) is 2. The summed E-state index contributed by atoms with van der Waals surface area (Å²) in [6.45, 7) is 4.35. The number of hydrogen-bond acceptors (Lipinski definition) is 9. The third-order valence-corrected chi connectivity index (χ3v) is 8.71. The maximum atomic E-state index is 13.2. The van der Waals surface area contributed by atoms with E-state index in [-0.39, 0.29) is 16.5 Å². The average Bonchev–Trinajstić information content (AvgIpc) is 3.68. The van der Waals surface area contributed by atoms with E-state index in [9.17, 15) is 13.2 Å². The minimum Gasteiger partial charge on any atom is -0.463 e. The second kappa shape index (κ2) is 9.55. The van der Waals surface area contributed by atoms with Gasteiger partial charge in [-0.1, -0.05) is 0 Å². The third kappa shape index (κ3) is 4.35. The molecule has 0 saturated carbocycles. The minimum absolute atomic E-state index is 0.166. The Morgan fingerprint density at radius 2 is 1.82 bits per heavy atom. The van der Waals surface area contributed by atoms with Gasteiger partial charge in [-0.3, -0.25) is 14.0 Å². The van der Waals surface area contributed by atoms with Gasteiger partial charge in [0.25, 0.3) is 0 Å². The van der Waals surface area contributed by atoms with Gasteiger partial charge < -0.3 is 15.1 Å². The number of nitrogens with two attached hydrogens (primary N) is 1. The van der Waals surface area contributed by atoms with Crippen molar-refractivity contribution in [2.45, 2.75) is 11.4 Å². The van der Waals surface area contributed by atoms with Crippen LogP contribution in [0, 0.1) is 0 Å². The van der Waals surface area contributed by atoms with Gasteiger partial charge in [-0.05, 0) is 49.5 Å². The van der Waals surface area contributed by atoms with Crippen LogP contribution in [0.5, 0.6) is 0 Å². The second-order valence-electron chi connectivity index (χ2n) is 9.47. The van der Waals surface area contributed by atoms with Crippen molar-refractivity contribution in [2.75, 3.05) is 50.4 Å². The molecule has 0 unspecified atom stereocenters. The van der Waals surface area contributed by atoms with Crippen molar-refractivity contribution < 1.29 is 12.8 Å². The topological polar surface area (TPSA) is 149 Å². The molecule has 13 nitrogen and oxygen atoms in total. The van der Waals surface area contributed by atoms with Crippen molar-refractivity contribution in [1.82, 2.24) is 33.4 Å². The number of sulfonamides is 1. The molecule has 204 valence electrons. The molecule has 1 aliphatic heterocycles. The summed E-state index contributed by atoms with van der Waals surface area (Å²) in [5, 5.41) is 4.52. The first-order chi connectivity index (χ1) is 18.8. The number of rotatable bonds is 7. The first-order valence-electron chi connectivity index (χ1n) is 12.6. The number of nitrogens with one attached hydrogen (secondary N) is 1. The SMILES string of the molecule is CNS(=O)(=O)c1ccc(N2CCN(CCn3c(=O)n(C)c4c3nc(N)n3nc(-c5ccco5)cc43)CC2)cc1. The van der Waals surface area contributed by atoms with E-state index in [0.29, 0.717) is 41.2 Å². The van der Waals surface area contributed by atoms with Crippen molar-refractivity contribution in [2.24, 2.45) is 7.05 Å². The van der Waals surface area contributed by atoms with Gasteiger partial charge >= 0.3 is 5.69 Å². The lowest BCUT2D eigenvalue weighted by molar-refractivity contribution is 0.248. The number of imidazole rings is 1. The van der Waals surface area contributed by atoms with Gasteiger partial charge in [-0.2, -0.15) is 14.6 Å². The normalized spacial score (nSPS) is 15.1. The van der Waals surface area contributed by atoms with Crippen LogP contribution in [-0.4, -0.2) is 76.8 Å². The Morgan fingerprint density at radius 1 is 1.08 bits per heavy atom. The van der Waals surface area contributed by atoms with Crippen LogP contribution in [0.4, 0.5) is 11.6 Å². The fraction of sp³-hybridized carbons (Fsp3) is 0.320. The summed E-state index contributed by atoms with van der Waals surface area (Å²) in [5.41, 5.74) is 9.54. The van der Waals surface area contributed by atoms with E-state index in [1.54, 1.807) is 40.6 Å². The molecule has 5 heterocycles. The molecule has 0 amide bonds. The molecule has 4 aromatic heterocycles. The number of nitrogen functional groups attached to an aromatic ring is 1. The zero-order chi connectivity index (χ0) is 27.3. The molecule has 0 radical (unpaired) electrons. The number of piperazine rings is 1. The molecular weight excluding hydrogens is 522 g/mol. The number of aromatic nitrogens is 5. The van der Waals surface area contributed by atoms with Crippen LogP contribution in [0.15, 0.2) is 62.8 Å². The molecule has 0 bridgehead atoms. The van der Waals surface area contributed by atoms with E-state index >= 15 is 0 Å². The largest absolute Gasteiger partial charge is 0.463 e. The van der Waals surface area contributed by atoms with Crippen molar-refractivity contribution in [3.05, 3.63) is 59.2 Å². The highest BCUT2D eigenvalue weighted by atomic mass is 32.2. The molecular formula is C25H29N9O4S. The Morgan fingerprint density at radius 3 is 2.49 bits per heavy atom. The van der Waals surface area contributed by atoms with E-state index in [2.05, 4.69) is 24.6 Å². The average molecular weight is 552 g/mol. The molecule has 1 aliphatic rings. The smallest absolute Gasteiger partial charge is 0.330 e. The lowest BCUT2D eigenvalue weighted by Crippen LogP contribution is -2.47. The van der Waals surface area contributed by atoms with Crippen LogP contribution in [0.2, 0.25) is 0 Å². The highest BCUT2D eigenvalue weighted by Crippen LogP contribution is 2.26. The monoisotopic (exact) mass is 551 g/mol.